The standard InChI is InChI=1S/C16H24N4O7/c17-9(7-12(21)22)15(26)20-6-2-4-11(20)16(27)19-5-1-3-10(19)14(25)18-8-13(23)24/h9-11H,1-8,17H2,(H,18,25)(H,21,22)(H,23,24). The fourth-order valence-electron chi connectivity index (χ4n) is 3.55. The van der Waals surface area contributed by atoms with Crippen LogP contribution in [0.25, 0.3) is 0 Å². The molecule has 2 aliphatic rings. The van der Waals surface area contributed by atoms with Gasteiger partial charge in [0.1, 0.15) is 18.6 Å². The molecule has 2 rings (SSSR count). The first kappa shape index (κ1) is 20.6. The Morgan fingerprint density at radius 2 is 1.56 bits per heavy atom. The summed E-state index contributed by atoms with van der Waals surface area (Å²) in [7, 11) is 0. The Balaban J connectivity index is 2.05. The van der Waals surface area contributed by atoms with Gasteiger partial charge in [-0.3, -0.25) is 24.0 Å². The predicted molar refractivity (Wildman–Crippen MR) is 90.3 cm³/mol. The van der Waals surface area contributed by atoms with Crippen molar-refractivity contribution in [2.45, 2.75) is 50.2 Å². The fraction of sp³-hybridized carbons (Fsp3) is 0.688. The molecule has 27 heavy (non-hydrogen) atoms. The zero-order chi connectivity index (χ0) is 20.1. The number of carboxylic acid groups (broad SMARTS) is 2. The molecule has 0 bridgehead atoms. The van der Waals surface area contributed by atoms with Crippen molar-refractivity contribution < 1.29 is 34.2 Å². The first-order valence-corrected chi connectivity index (χ1v) is 8.80. The van der Waals surface area contributed by atoms with E-state index in [9.17, 15) is 24.0 Å². The minimum atomic E-state index is -1.23. The SMILES string of the molecule is NC(CC(=O)O)C(=O)N1CCCC1C(=O)N1CCCC1C(=O)NCC(=O)O. The normalized spacial score (nSPS) is 23.1. The molecule has 5 N–H and O–H groups in total. The van der Waals surface area contributed by atoms with E-state index < -0.39 is 60.8 Å². The molecule has 11 nitrogen and oxygen atoms in total. The molecular weight excluding hydrogens is 360 g/mol. The topological polar surface area (TPSA) is 170 Å². The van der Waals surface area contributed by atoms with Crippen molar-refractivity contribution in [3.05, 3.63) is 0 Å². The number of likely N-dealkylation sites (tertiary alicyclic amines) is 2. The number of hydrogen-bond donors (Lipinski definition) is 4. The molecule has 3 atom stereocenters. The van der Waals surface area contributed by atoms with Gasteiger partial charge in [0.2, 0.25) is 17.7 Å². The summed E-state index contributed by atoms with van der Waals surface area (Å²) in [5, 5.41) is 19.7. The Kier molecular flexibility index (Phi) is 6.72. The number of nitrogens with two attached hydrogens (primary N) is 1. The summed E-state index contributed by atoms with van der Waals surface area (Å²) in [6, 6.07) is -2.79. The molecule has 2 fully saturated rings. The summed E-state index contributed by atoms with van der Waals surface area (Å²) in [6.07, 6.45) is 1.46. The summed E-state index contributed by atoms with van der Waals surface area (Å²) in [4.78, 5) is 61.6. The highest BCUT2D eigenvalue weighted by atomic mass is 16.4. The highest BCUT2D eigenvalue weighted by molar-refractivity contribution is 5.95. The second kappa shape index (κ2) is 8.80. The van der Waals surface area contributed by atoms with Crippen LogP contribution < -0.4 is 11.1 Å². The van der Waals surface area contributed by atoms with Crippen LogP contribution in [0.15, 0.2) is 0 Å². The molecule has 0 aromatic carbocycles. The molecule has 0 aliphatic carbocycles. The molecule has 11 heteroatoms. The van der Waals surface area contributed by atoms with Gasteiger partial charge >= 0.3 is 11.9 Å². The molecule has 150 valence electrons. The van der Waals surface area contributed by atoms with E-state index in [1.54, 1.807) is 0 Å². The van der Waals surface area contributed by atoms with E-state index in [1.807, 2.05) is 0 Å². The summed E-state index contributed by atoms with van der Waals surface area (Å²) in [6.45, 7) is 0.103. The van der Waals surface area contributed by atoms with E-state index in [0.717, 1.165) is 0 Å². The third kappa shape index (κ3) is 4.94. The average Bonchev–Trinajstić information content (AvgIpc) is 3.26. The van der Waals surface area contributed by atoms with E-state index in [1.165, 1.54) is 9.80 Å². The number of amides is 3. The van der Waals surface area contributed by atoms with Gasteiger partial charge in [-0.25, -0.2) is 0 Å². The van der Waals surface area contributed by atoms with Crippen LogP contribution in [-0.2, 0) is 24.0 Å². The van der Waals surface area contributed by atoms with E-state index in [4.69, 9.17) is 15.9 Å². The van der Waals surface area contributed by atoms with Crippen LogP contribution in [0.3, 0.4) is 0 Å². The number of aliphatic carboxylic acids is 2. The lowest BCUT2D eigenvalue weighted by Gasteiger charge is -2.31. The summed E-state index contributed by atoms with van der Waals surface area (Å²) >= 11 is 0. The zero-order valence-electron chi connectivity index (χ0n) is 14.8. The highest BCUT2D eigenvalue weighted by Gasteiger charge is 2.43. The van der Waals surface area contributed by atoms with E-state index in [-0.39, 0.29) is 0 Å². The van der Waals surface area contributed by atoms with E-state index in [2.05, 4.69) is 5.32 Å². The van der Waals surface area contributed by atoms with Crippen molar-refractivity contribution >= 4 is 29.7 Å². The summed E-state index contributed by atoms with van der Waals surface area (Å²) in [5.74, 6) is -3.91. The first-order chi connectivity index (χ1) is 12.7. The largest absolute Gasteiger partial charge is 0.481 e. The molecule has 2 heterocycles. The second-order valence-corrected chi connectivity index (χ2v) is 6.70. The Morgan fingerprint density at radius 1 is 0.963 bits per heavy atom. The highest BCUT2D eigenvalue weighted by Crippen LogP contribution is 2.25. The van der Waals surface area contributed by atoms with E-state index in [0.29, 0.717) is 38.8 Å². The maximum atomic E-state index is 12.9. The van der Waals surface area contributed by atoms with Gasteiger partial charge in [0.05, 0.1) is 12.5 Å². The van der Waals surface area contributed by atoms with Crippen LogP contribution in [-0.4, -0.2) is 87.4 Å². The molecule has 3 unspecified atom stereocenters. The first-order valence-electron chi connectivity index (χ1n) is 8.80. The van der Waals surface area contributed by atoms with Crippen molar-refractivity contribution in [1.29, 1.82) is 0 Å². The average molecular weight is 384 g/mol. The number of hydrogen-bond acceptors (Lipinski definition) is 6. The smallest absolute Gasteiger partial charge is 0.322 e. The fourth-order valence-corrected chi connectivity index (χ4v) is 3.55. The lowest BCUT2D eigenvalue weighted by Crippen LogP contribution is -2.55. The number of carbonyl (C=O) groups excluding carboxylic acids is 3. The lowest BCUT2D eigenvalue weighted by molar-refractivity contribution is -0.148. The molecule has 2 aliphatic heterocycles. The van der Waals surface area contributed by atoms with Gasteiger partial charge < -0.3 is 31.1 Å². The maximum Gasteiger partial charge on any atom is 0.322 e. The number of nitrogens with zero attached hydrogens (tertiary/aromatic N) is 2. The van der Waals surface area contributed by atoms with Crippen LogP contribution in [0.4, 0.5) is 0 Å². The number of carboxylic acids is 2. The molecular formula is C16H24N4O7. The zero-order valence-corrected chi connectivity index (χ0v) is 14.8. The van der Waals surface area contributed by atoms with Crippen LogP contribution in [0.5, 0.6) is 0 Å². The van der Waals surface area contributed by atoms with Crippen molar-refractivity contribution in [1.82, 2.24) is 15.1 Å². The number of carbonyl (C=O) groups is 5. The van der Waals surface area contributed by atoms with Crippen LogP contribution in [0, 0.1) is 0 Å². The van der Waals surface area contributed by atoms with Crippen LogP contribution in [0.2, 0.25) is 0 Å². The molecule has 0 spiro atoms. The molecule has 3 amide bonds. The van der Waals surface area contributed by atoms with Crippen LogP contribution in [0.1, 0.15) is 32.1 Å². The summed E-state index contributed by atoms with van der Waals surface area (Å²) in [5.41, 5.74) is 5.64. The Labute approximate surface area is 155 Å². The van der Waals surface area contributed by atoms with Crippen molar-refractivity contribution in [3.63, 3.8) is 0 Å². The summed E-state index contributed by atoms with van der Waals surface area (Å²) < 4.78 is 0. The molecule has 2 saturated heterocycles. The van der Waals surface area contributed by atoms with Gasteiger partial charge in [-0.2, -0.15) is 0 Å². The van der Waals surface area contributed by atoms with Gasteiger partial charge in [-0.1, -0.05) is 0 Å². The minimum Gasteiger partial charge on any atom is -0.481 e. The van der Waals surface area contributed by atoms with Gasteiger partial charge in [0.25, 0.3) is 0 Å². The molecule has 0 radical (unpaired) electrons. The third-order valence-electron chi connectivity index (χ3n) is 4.79. The monoisotopic (exact) mass is 384 g/mol. The Hall–Kier alpha value is -2.69. The molecule has 0 aromatic heterocycles. The minimum absolute atomic E-state index is 0.298. The Bertz CT molecular complexity index is 638. The lowest BCUT2D eigenvalue weighted by atomic mass is 10.1. The Morgan fingerprint density at radius 3 is 2.15 bits per heavy atom. The number of rotatable bonds is 7. The molecule has 0 saturated carbocycles. The maximum absolute atomic E-state index is 12.9. The second-order valence-electron chi connectivity index (χ2n) is 6.70. The van der Waals surface area contributed by atoms with Gasteiger partial charge in [-0.15, -0.1) is 0 Å². The van der Waals surface area contributed by atoms with Crippen molar-refractivity contribution in [2.24, 2.45) is 5.73 Å². The van der Waals surface area contributed by atoms with Crippen LogP contribution >= 0.6 is 0 Å². The predicted octanol–water partition coefficient (Wildman–Crippen LogP) is -2.03. The van der Waals surface area contributed by atoms with Crippen molar-refractivity contribution in [2.75, 3.05) is 19.6 Å². The van der Waals surface area contributed by atoms with E-state index >= 15 is 0 Å². The van der Waals surface area contributed by atoms with Crippen molar-refractivity contribution in [3.8, 4) is 0 Å². The molecule has 0 aromatic rings. The van der Waals surface area contributed by atoms with Gasteiger partial charge in [0, 0.05) is 13.1 Å². The number of nitrogens with one attached hydrogen (secondary N) is 1. The van der Waals surface area contributed by atoms with Gasteiger partial charge in [0.15, 0.2) is 0 Å². The quantitative estimate of drug-likeness (QED) is 0.389. The van der Waals surface area contributed by atoms with Gasteiger partial charge in [-0.05, 0) is 25.7 Å². The third-order valence-corrected chi connectivity index (χ3v) is 4.79.